The third kappa shape index (κ3) is 281. The van der Waals surface area contributed by atoms with Crippen molar-refractivity contribution >= 4 is 11.3 Å². The Morgan fingerprint density at radius 2 is 0.609 bits per heavy atom. The number of H-pyrrole nitrogens is 4. The number of aromatic nitrogens is 22. The fourth-order valence-electron chi connectivity index (χ4n) is 4.36. The first kappa shape index (κ1) is 169. The van der Waals surface area contributed by atoms with Crippen LogP contribution in [0.15, 0.2) is 238 Å². The van der Waals surface area contributed by atoms with Gasteiger partial charge in [-0.1, -0.05) is 408 Å². The van der Waals surface area contributed by atoms with E-state index in [9.17, 15) is 0 Å². The van der Waals surface area contributed by atoms with Crippen LogP contribution in [-0.2, 0) is 0 Å². The quantitative estimate of drug-likeness (QED) is 0.128. The summed E-state index contributed by atoms with van der Waals surface area (Å²) in [5.74, 6) is 10.2. The highest BCUT2D eigenvalue weighted by atomic mass is 32.1. The molecule has 22 nitrogen and oxygen atoms in total. The first-order valence-electron chi connectivity index (χ1n) is 49.4. The van der Waals surface area contributed by atoms with Gasteiger partial charge in [-0.05, 0) is 140 Å². The Morgan fingerprint density at radius 1 is 0.278 bits per heavy atom. The summed E-state index contributed by atoms with van der Waals surface area (Å²) in [6.45, 7) is 115. The number of aryl methyl sites for hydroxylation is 2. The summed E-state index contributed by atoms with van der Waals surface area (Å²) in [6, 6.07) is 31.4. The predicted octanol–water partition coefficient (Wildman–Crippen LogP) is 35.8. The van der Waals surface area contributed by atoms with Crippen LogP contribution in [0.3, 0.4) is 0 Å². The molecule has 0 aliphatic rings. The highest BCUT2D eigenvalue weighted by Gasteiger charge is 2.05. The molecular weight excluding hydrogens is 1660 g/mol. The number of aromatic amines is 4. The van der Waals surface area contributed by atoms with E-state index in [0.29, 0.717) is 17.9 Å². The molecule has 0 radical (unpaired) electrons. The van der Waals surface area contributed by atoms with E-state index in [2.05, 4.69) is 335 Å². The van der Waals surface area contributed by atoms with Gasteiger partial charge in [0, 0.05) is 117 Å². The Balaban J connectivity index is -0.0000000600. The van der Waals surface area contributed by atoms with Gasteiger partial charge in [-0.3, -0.25) is 29.8 Å². The standard InChI is InChI=1S/2C6H11N3.C6H10N2.C6H6.C5H5N.3C4H4N2.C4H4S.9C4H10.C3H3N3.2C3H4N2.10C2H6/c1-4(2)6-7-5(3)8-9-6;1-4(2)6-5(3)7-9-8-6;1-6(2)8-5-3-4-7-8;2*1-2-4-6-5-3-1;1-2-6-4-3-5-1;1-2-5-4-6-3-1;1-2-4-6-5-3-1;1-2-4-5-3-1;9*1-4(2)3;1-2-5-6-3-4-1;1-2-5-3-4-1;1-2-4-5-3-1;10*1-2/h2*4H,1-3H3,(H,7,8,9);3-6H,1-2H3;1-6H;1-5H;3*1-4H;1-4H;9*4H,1-3H3;1-3H;2*1-3H,(H,4,5);10*1-2H3. The number of hydrogen-bond donors (Lipinski definition) is 4. The zero-order chi connectivity index (χ0) is 108. The zero-order valence-electron chi connectivity index (χ0n) is 96.9. The van der Waals surface area contributed by atoms with Crippen molar-refractivity contribution < 1.29 is 0 Å². The van der Waals surface area contributed by atoms with Crippen molar-refractivity contribution in [3.63, 3.8) is 0 Å². The maximum atomic E-state index is 4.14. The highest BCUT2D eigenvalue weighted by molar-refractivity contribution is 7.07. The second-order valence-corrected chi connectivity index (χ2v) is 31.4. The van der Waals surface area contributed by atoms with Crippen molar-refractivity contribution in [2.24, 2.45) is 53.3 Å². The number of pyridine rings is 1. The van der Waals surface area contributed by atoms with Crippen LogP contribution in [0.2, 0.25) is 0 Å². The lowest BCUT2D eigenvalue weighted by molar-refractivity contribution is 0.532. The van der Waals surface area contributed by atoms with Gasteiger partial charge in [0.15, 0.2) is 5.82 Å². The Kier molecular flexibility index (Phi) is 219. The van der Waals surface area contributed by atoms with Crippen LogP contribution in [0.1, 0.15) is 408 Å². The van der Waals surface area contributed by atoms with Gasteiger partial charge in [-0.2, -0.15) is 57.3 Å². The average Bonchev–Trinajstić information content (AvgIpc) is 1.78. The minimum atomic E-state index is 0.426. The number of rotatable bonds is 3. The normalized spacial score (nSPS) is 8.02. The van der Waals surface area contributed by atoms with Gasteiger partial charge in [-0.25, -0.2) is 24.9 Å². The maximum Gasteiger partial charge on any atom is 0.153 e. The fraction of sp³-hybridized carbons (Fsp3) is 0.609. The van der Waals surface area contributed by atoms with E-state index >= 15 is 0 Å². The van der Waals surface area contributed by atoms with E-state index in [-0.39, 0.29) is 0 Å². The molecule has 23 heteroatoms. The van der Waals surface area contributed by atoms with Crippen molar-refractivity contribution in [3.05, 3.63) is 261 Å². The highest BCUT2D eigenvalue weighted by Crippen LogP contribution is 2.12. The molecule has 0 spiro atoms. The minimum Gasteiger partial charge on any atom is -0.351 e. The van der Waals surface area contributed by atoms with Crippen LogP contribution in [0.25, 0.3) is 0 Å². The molecule has 0 unspecified atom stereocenters. The van der Waals surface area contributed by atoms with Crippen molar-refractivity contribution in [1.29, 1.82) is 0 Å². The Hall–Kier alpha value is -9.77. The molecule has 133 heavy (non-hydrogen) atoms. The summed E-state index contributed by atoms with van der Waals surface area (Å²) in [5, 5.41) is 45.5. The number of nitrogens with one attached hydrogen (secondary N) is 4. The second-order valence-electron chi connectivity index (χ2n) is 30.6. The molecule has 0 bridgehead atoms. The van der Waals surface area contributed by atoms with Crippen molar-refractivity contribution in [2.45, 2.75) is 399 Å². The summed E-state index contributed by atoms with van der Waals surface area (Å²) in [4.78, 5) is 32.7. The number of imidazole rings is 1. The Morgan fingerprint density at radius 3 is 0.722 bits per heavy atom. The average molecular weight is 1880 g/mol. The molecule has 0 fully saturated rings. The number of nitrogens with zero attached hydrogens (tertiary/aromatic N) is 18. The number of hydrogen-bond acceptors (Lipinski definition) is 18. The molecule has 11 heterocycles. The molecular formula is C110H220N22S. The van der Waals surface area contributed by atoms with Gasteiger partial charge in [0.2, 0.25) is 0 Å². The zero-order valence-corrected chi connectivity index (χ0v) is 97.7. The summed E-state index contributed by atoms with van der Waals surface area (Å²) in [6.07, 6.45) is 35.0. The lowest BCUT2D eigenvalue weighted by Gasteiger charge is -2.01. The van der Waals surface area contributed by atoms with E-state index in [4.69, 9.17) is 0 Å². The molecule has 0 saturated carbocycles. The molecule has 776 valence electrons. The lowest BCUT2D eigenvalue weighted by atomic mass is 10.1. The molecule has 0 aliphatic heterocycles. The van der Waals surface area contributed by atoms with Crippen LogP contribution >= 0.6 is 11.3 Å². The van der Waals surface area contributed by atoms with E-state index in [0.717, 1.165) is 76.3 Å². The Labute approximate surface area is 830 Å². The molecule has 12 aromatic rings. The molecule has 1 aromatic carbocycles. The molecule has 12 rings (SSSR count). The third-order valence-electron chi connectivity index (χ3n) is 7.80. The van der Waals surface area contributed by atoms with Crippen LogP contribution in [0.4, 0.5) is 0 Å². The third-order valence-corrected chi connectivity index (χ3v) is 8.43. The van der Waals surface area contributed by atoms with Crippen LogP contribution < -0.4 is 0 Å². The second kappa shape index (κ2) is 172. The fourth-order valence-corrected chi connectivity index (χ4v) is 4.82. The van der Waals surface area contributed by atoms with Gasteiger partial charge >= 0.3 is 0 Å². The first-order valence-corrected chi connectivity index (χ1v) is 50.4. The monoisotopic (exact) mass is 1880 g/mol. The number of benzene rings is 1. The summed E-state index contributed by atoms with van der Waals surface area (Å²) in [5.41, 5.74) is 2.07. The summed E-state index contributed by atoms with van der Waals surface area (Å²) in [7, 11) is 0. The topological polar surface area (TPSA) is 287 Å². The molecule has 0 amide bonds. The smallest absolute Gasteiger partial charge is 0.153 e. The van der Waals surface area contributed by atoms with Crippen molar-refractivity contribution in [1.82, 2.24) is 111 Å². The van der Waals surface area contributed by atoms with Gasteiger partial charge in [0.25, 0.3) is 0 Å². The molecule has 0 saturated heterocycles. The van der Waals surface area contributed by atoms with Gasteiger partial charge in [-0.15, -0.1) is 5.10 Å². The minimum absolute atomic E-state index is 0.426. The van der Waals surface area contributed by atoms with Crippen LogP contribution in [0, 0.1) is 67.1 Å². The largest absolute Gasteiger partial charge is 0.351 e. The molecule has 11 aromatic heterocycles. The maximum absolute atomic E-state index is 4.14. The van der Waals surface area contributed by atoms with Gasteiger partial charge < -0.3 is 4.98 Å². The summed E-state index contributed by atoms with van der Waals surface area (Å²) < 4.78 is 1.92. The van der Waals surface area contributed by atoms with Crippen molar-refractivity contribution in [2.75, 3.05) is 0 Å². The SMILES string of the molecule is CC.CC.CC.CC.CC.CC.CC.CC.CC.CC.CC(C)C.CC(C)C.CC(C)C.CC(C)C.CC(C)C.CC(C)C.CC(C)C.CC(C)C.CC(C)C.CC(C)n1cccn1.Cc1n[nH]nc1C(C)C.Cc1nc(C(C)C)n[nH]1.c1c[nH]cn1.c1ccccc1.c1ccncc1.c1ccnnc1.c1ccsc1.c1cn[nH]c1.c1cnccn1.c1cncnc1.c1cnncn1. The van der Waals surface area contributed by atoms with E-state index in [1.54, 1.807) is 123 Å². The lowest BCUT2D eigenvalue weighted by Crippen LogP contribution is -1.99. The summed E-state index contributed by atoms with van der Waals surface area (Å²) >= 11 is 1.71. The molecule has 0 atom stereocenters. The van der Waals surface area contributed by atoms with Crippen molar-refractivity contribution in [3.8, 4) is 0 Å². The van der Waals surface area contributed by atoms with E-state index < -0.39 is 0 Å². The van der Waals surface area contributed by atoms with Gasteiger partial charge in [0.1, 0.15) is 18.5 Å². The first-order chi connectivity index (χ1) is 63.3. The van der Waals surface area contributed by atoms with Crippen LogP contribution in [-0.4, -0.2) is 111 Å². The van der Waals surface area contributed by atoms with Gasteiger partial charge in [0.05, 0.1) is 23.9 Å². The number of thiophene rings is 1. The van der Waals surface area contributed by atoms with E-state index in [1.165, 1.54) is 18.9 Å². The molecule has 0 aliphatic carbocycles. The van der Waals surface area contributed by atoms with Crippen LogP contribution in [0.5, 0.6) is 0 Å². The van der Waals surface area contributed by atoms with E-state index in [1.807, 2.05) is 265 Å². The Bertz CT molecular complexity index is 2660. The molecule has 4 N–H and O–H groups in total. The predicted molar refractivity (Wildman–Crippen MR) is 599 cm³/mol.